The first-order valence-electron chi connectivity index (χ1n) is 7.44. The molecule has 0 fully saturated rings. The molecule has 0 aliphatic rings. The molecule has 2 aromatic carbocycles. The molecule has 2 aromatic rings. The summed E-state index contributed by atoms with van der Waals surface area (Å²) in [5.74, 6) is 0. The Morgan fingerprint density at radius 1 is 0.632 bits per heavy atom. The van der Waals surface area contributed by atoms with Crippen LogP contribution in [0.25, 0.3) is 0 Å². The molecule has 0 unspecified atom stereocenters. The van der Waals surface area contributed by atoms with Crippen LogP contribution in [0.1, 0.15) is 26.7 Å². The Hall–Kier alpha value is -0.638. The van der Waals surface area contributed by atoms with Gasteiger partial charge in [-0.3, -0.25) is 0 Å². The van der Waals surface area contributed by atoms with Crippen LogP contribution in [-0.2, 0) is 0 Å². The first-order chi connectivity index (χ1) is 9.33. The van der Waals surface area contributed by atoms with Crippen LogP contribution >= 0.6 is 0 Å². The molecule has 1 heteroatoms. The quantitative estimate of drug-likeness (QED) is 0.586. The number of benzene rings is 2. The van der Waals surface area contributed by atoms with Crippen LogP contribution in [0, 0.1) is 0 Å². The maximum absolute atomic E-state index is 2.59. The molecule has 0 aliphatic heterocycles. The van der Waals surface area contributed by atoms with E-state index in [0.717, 1.165) is 0 Å². The van der Waals surface area contributed by atoms with E-state index >= 15 is 0 Å². The van der Waals surface area contributed by atoms with Crippen LogP contribution in [0.4, 0.5) is 0 Å². The van der Waals surface area contributed by atoms with Crippen LogP contribution in [0.5, 0.6) is 0 Å². The van der Waals surface area contributed by atoms with Gasteiger partial charge in [0, 0.05) is 0 Å². The van der Waals surface area contributed by atoms with E-state index in [4.69, 9.17) is 0 Å². The van der Waals surface area contributed by atoms with Crippen molar-refractivity contribution in [2.24, 2.45) is 0 Å². The summed E-state index contributed by atoms with van der Waals surface area (Å²) in [6.45, 7) is 4.69. The van der Waals surface area contributed by atoms with Gasteiger partial charge in [0.15, 0.2) is 0 Å². The van der Waals surface area contributed by atoms with E-state index in [9.17, 15) is 0 Å². The molecule has 0 radical (unpaired) electrons. The maximum atomic E-state index is 2.39. The Labute approximate surface area is 122 Å². The standard InChI is InChI=1S/2C6H5.2C3H7.Pb/c2*1-2-4-6-5-3-1;2*1-3-2;/h2*1-5H;2*1,3H2,2H3;. The van der Waals surface area contributed by atoms with Crippen molar-refractivity contribution in [2.75, 3.05) is 0 Å². The average molecular weight is 448 g/mol. The molecule has 19 heavy (non-hydrogen) atoms. The second-order valence-corrected chi connectivity index (χ2v) is 22.1. The summed E-state index contributed by atoms with van der Waals surface area (Å²) in [4.78, 5) is 0. The molecule has 0 nitrogen and oxygen atoms in total. The summed E-state index contributed by atoms with van der Waals surface area (Å²) >= 11 is -2.59. The second kappa shape index (κ2) is 7.23. The minimum absolute atomic E-state index is 1.31. The molecule has 0 atom stereocenters. The van der Waals surface area contributed by atoms with Crippen molar-refractivity contribution in [3.8, 4) is 0 Å². The second-order valence-electron chi connectivity index (χ2n) is 5.31. The van der Waals surface area contributed by atoms with Crippen LogP contribution in [0.15, 0.2) is 60.7 Å². The van der Waals surface area contributed by atoms with E-state index in [2.05, 4.69) is 74.5 Å². The molecule has 100 valence electrons. The van der Waals surface area contributed by atoms with Crippen LogP contribution in [0.3, 0.4) is 0 Å². The third-order valence-corrected chi connectivity index (χ3v) is 25.7. The molecule has 0 aromatic heterocycles. The van der Waals surface area contributed by atoms with Gasteiger partial charge >= 0.3 is 123 Å². The van der Waals surface area contributed by atoms with E-state index in [1.165, 1.54) is 20.8 Å². The van der Waals surface area contributed by atoms with Gasteiger partial charge in [-0.15, -0.1) is 0 Å². The SMILES string of the molecule is CC[CH2][Pb]([CH2]CC)([c]1ccccc1)[c]1ccccc1. The Morgan fingerprint density at radius 2 is 1.00 bits per heavy atom. The number of hydrogen-bond acceptors (Lipinski definition) is 0. The minimum atomic E-state index is -2.59. The van der Waals surface area contributed by atoms with Gasteiger partial charge in [-0.25, -0.2) is 0 Å². The van der Waals surface area contributed by atoms with Gasteiger partial charge in [0.2, 0.25) is 0 Å². The summed E-state index contributed by atoms with van der Waals surface area (Å²) < 4.78 is 6.25. The van der Waals surface area contributed by atoms with Gasteiger partial charge in [-0.05, 0) is 0 Å². The average Bonchev–Trinajstić information content (AvgIpc) is 2.49. The molecule has 0 saturated carbocycles. The molecule has 0 bridgehead atoms. The van der Waals surface area contributed by atoms with Crippen molar-refractivity contribution < 1.29 is 0 Å². The molecule has 0 heterocycles. The van der Waals surface area contributed by atoms with Crippen LogP contribution in [0.2, 0.25) is 7.96 Å². The monoisotopic (exact) mass is 448 g/mol. The predicted molar refractivity (Wildman–Crippen MR) is 88.1 cm³/mol. The van der Waals surface area contributed by atoms with Crippen molar-refractivity contribution in [2.45, 2.75) is 34.6 Å². The normalized spacial score (nSPS) is 11.5. The Morgan fingerprint density at radius 3 is 1.32 bits per heavy atom. The van der Waals surface area contributed by atoms with Gasteiger partial charge < -0.3 is 0 Å². The molecule has 0 spiro atoms. The fraction of sp³-hybridized carbons (Fsp3) is 0.333. The zero-order valence-corrected chi connectivity index (χ0v) is 16.0. The molecule has 0 aliphatic carbocycles. The first kappa shape index (κ1) is 14.8. The van der Waals surface area contributed by atoms with Gasteiger partial charge in [-0.1, -0.05) is 0 Å². The summed E-state index contributed by atoms with van der Waals surface area (Å²) in [6.07, 6.45) is 2.62. The molecule has 0 saturated heterocycles. The third-order valence-electron chi connectivity index (χ3n) is 4.01. The van der Waals surface area contributed by atoms with E-state index in [0.29, 0.717) is 0 Å². The molecular formula is C18H24Pb. The molecule has 0 amide bonds. The van der Waals surface area contributed by atoms with Gasteiger partial charge in [0.05, 0.1) is 0 Å². The van der Waals surface area contributed by atoms with Gasteiger partial charge in [0.1, 0.15) is 0 Å². The van der Waals surface area contributed by atoms with Crippen molar-refractivity contribution in [3.63, 3.8) is 0 Å². The predicted octanol–water partition coefficient (Wildman–Crippen LogP) is 4.07. The van der Waals surface area contributed by atoms with E-state index in [1.54, 1.807) is 6.25 Å². The van der Waals surface area contributed by atoms with Gasteiger partial charge in [0.25, 0.3) is 0 Å². The van der Waals surface area contributed by atoms with Crippen molar-refractivity contribution >= 4 is 27.4 Å². The van der Waals surface area contributed by atoms with Crippen LogP contribution in [-0.4, -0.2) is 21.2 Å². The molecule has 2 rings (SSSR count). The summed E-state index contributed by atoms with van der Waals surface area (Å²) in [5, 5.41) is 0. The number of rotatable bonds is 6. The molecular weight excluding hydrogens is 423 g/mol. The topological polar surface area (TPSA) is 0 Å². The number of hydrogen-bond donors (Lipinski definition) is 0. The zero-order chi connectivity index (χ0) is 13.6. The summed E-state index contributed by atoms with van der Waals surface area (Å²) in [7, 11) is 0. The zero-order valence-electron chi connectivity index (χ0n) is 12.1. The van der Waals surface area contributed by atoms with Crippen molar-refractivity contribution in [1.29, 1.82) is 0 Å². The first-order valence-corrected chi connectivity index (χ1v) is 16.8. The van der Waals surface area contributed by atoms with E-state index in [1.807, 2.05) is 0 Å². The summed E-state index contributed by atoms with van der Waals surface area (Å²) in [5.41, 5.74) is 0. The Kier molecular flexibility index (Phi) is 5.62. The van der Waals surface area contributed by atoms with E-state index < -0.39 is 21.2 Å². The van der Waals surface area contributed by atoms with Gasteiger partial charge in [-0.2, -0.15) is 0 Å². The van der Waals surface area contributed by atoms with Crippen LogP contribution < -0.4 is 6.25 Å². The Balaban J connectivity index is 2.54. The third kappa shape index (κ3) is 3.28. The summed E-state index contributed by atoms with van der Waals surface area (Å²) in [6, 6.07) is 22.7. The Bertz CT molecular complexity index is 428. The molecule has 0 N–H and O–H groups in total. The fourth-order valence-electron chi connectivity index (χ4n) is 3.24. The van der Waals surface area contributed by atoms with E-state index in [-0.39, 0.29) is 0 Å². The van der Waals surface area contributed by atoms with Crippen molar-refractivity contribution in [3.05, 3.63) is 60.7 Å². The fourth-order valence-corrected chi connectivity index (χ4v) is 23.1. The van der Waals surface area contributed by atoms with Crippen molar-refractivity contribution in [1.82, 2.24) is 0 Å².